The molecule has 0 aromatic heterocycles. The van der Waals surface area contributed by atoms with Gasteiger partial charge in [0.05, 0.1) is 15.4 Å². The number of rotatable bonds is 5. The zero-order valence-corrected chi connectivity index (χ0v) is 12.1. The number of hydrogen-bond donors (Lipinski definition) is 2. The van der Waals surface area contributed by atoms with Crippen molar-refractivity contribution in [3.05, 3.63) is 33.6 Å². The average molecular weight is 318 g/mol. The fourth-order valence-corrected chi connectivity index (χ4v) is 3.50. The number of aliphatic hydroxyl groups is 1. The predicted octanol–water partition coefficient (Wildman–Crippen LogP) is 1.24. The van der Waals surface area contributed by atoms with Gasteiger partial charge in [-0.25, -0.2) is 13.1 Å². The van der Waals surface area contributed by atoms with E-state index in [0.29, 0.717) is 18.9 Å². The van der Waals surface area contributed by atoms with Gasteiger partial charge in [0.2, 0.25) is 15.8 Å². The van der Waals surface area contributed by atoms with E-state index in [1.807, 2.05) is 0 Å². The quantitative estimate of drug-likeness (QED) is 0.627. The molecule has 0 radical (unpaired) electrons. The number of nitrogens with zero attached hydrogens (tertiary/aromatic N) is 1. The van der Waals surface area contributed by atoms with Crippen molar-refractivity contribution in [2.24, 2.45) is 0 Å². The van der Waals surface area contributed by atoms with Crippen LogP contribution in [0.1, 0.15) is 24.8 Å². The third-order valence-corrected chi connectivity index (χ3v) is 5.15. The SMILES string of the molecule is Cc1cc(F)c([N+](=O)[O-])cc1S(=O)(=O)NCC1(O)CCC1. The number of sulfonamides is 1. The Kier molecular flexibility index (Phi) is 4.00. The summed E-state index contributed by atoms with van der Waals surface area (Å²) >= 11 is 0. The molecule has 1 aliphatic carbocycles. The van der Waals surface area contributed by atoms with Crippen molar-refractivity contribution in [2.45, 2.75) is 36.7 Å². The number of halogens is 1. The van der Waals surface area contributed by atoms with E-state index in [0.717, 1.165) is 12.5 Å². The van der Waals surface area contributed by atoms with Gasteiger partial charge < -0.3 is 5.11 Å². The first-order chi connectivity index (χ1) is 9.65. The Morgan fingerprint density at radius 3 is 2.57 bits per heavy atom. The molecule has 0 atom stereocenters. The molecule has 0 heterocycles. The molecule has 116 valence electrons. The molecule has 0 amide bonds. The topological polar surface area (TPSA) is 110 Å². The lowest BCUT2D eigenvalue weighted by Gasteiger charge is -2.36. The molecule has 0 unspecified atom stereocenters. The zero-order valence-electron chi connectivity index (χ0n) is 11.3. The van der Waals surface area contributed by atoms with E-state index in [4.69, 9.17) is 0 Å². The number of nitro groups is 1. The predicted molar refractivity (Wildman–Crippen MR) is 71.8 cm³/mol. The highest BCUT2D eigenvalue weighted by molar-refractivity contribution is 7.89. The Balaban J connectivity index is 2.30. The van der Waals surface area contributed by atoms with Crippen molar-refractivity contribution in [1.29, 1.82) is 0 Å². The van der Waals surface area contributed by atoms with Crippen LogP contribution in [0.25, 0.3) is 0 Å². The maximum atomic E-state index is 13.4. The van der Waals surface area contributed by atoms with Crippen LogP contribution in [0.2, 0.25) is 0 Å². The zero-order chi connectivity index (χ0) is 15.8. The minimum absolute atomic E-state index is 0.0613. The van der Waals surface area contributed by atoms with Gasteiger partial charge in [-0.15, -0.1) is 0 Å². The maximum Gasteiger partial charge on any atom is 0.306 e. The van der Waals surface area contributed by atoms with Crippen LogP contribution in [0.3, 0.4) is 0 Å². The van der Waals surface area contributed by atoms with Crippen LogP contribution < -0.4 is 4.72 Å². The lowest BCUT2D eigenvalue weighted by Crippen LogP contribution is -2.47. The summed E-state index contributed by atoms with van der Waals surface area (Å²) in [5.41, 5.74) is -1.90. The Labute approximate surface area is 121 Å². The number of aryl methyl sites for hydroxylation is 1. The van der Waals surface area contributed by atoms with E-state index < -0.39 is 32.1 Å². The highest BCUT2D eigenvalue weighted by atomic mass is 32.2. The van der Waals surface area contributed by atoms with E-state index in [2.05, 4.69) is 4.72 Å². The fourth-order valence-electron chi connectivity index (χ4n) is 2.14. The van der Waals surface area contributed by atoms with Crippen LogP contribution in [-0.2, 0) is 10.0 Å². The first kappa shape index (κ1) is 15.8. The summed E-state index contributed by atoms with van der Waals surface area (Å²) in [7, 11) is -4.05. The van der Waals surface area contributed by atoms with E-state index in [9.17, 15) is 28.0 Å². The van der Waals surface area contributed by atoms with Crippen molar-refractivity contribution in [3.8, 4) is 0 Å². The van der Waals surface area contributed by atoms with Crippen LogP contribution >= 0.6 is 0 Å². The molecular formula is C12H15FN2O5S. The summed E-state index contributed by atoms with van der Waals surface area (Å²) in [5.74, 6) is -1.09. The summed E-state index contributed by atoms with van der Waals surface area (Å²) in [4.78, 5) is 9.35. The Morgan fingerprint density at radius 2 is 2.10 bits per heavy atom. The maximum absolute atomic E-state index is 13.4. The monoisotopic (exact) mass is 318 g/mol. The van der Waals surface area contributed by atoms with Gasteiger partial charge in [0.25, 0.3) is 0 Å². The van der Waals surface area contributed by atoms with Crippen molar-refractivity contribution in [2.75, 3.05) is 6.54 Å². The highest BCUT2D eigenvalue weighted by Crippen LogP contribution is 2.31. The standard InChI is InChI=1S/C12H15FN2O5S/c1-8-5-9(13)10(15(17)18)6-11(8)21(19,20)14-7-12(16)3-2-4-12/h5-6,14,16H,2-4,7H2,1H3. The number of hydrogen-bond acceptors (Lipinski definition) is 5. The second-order valence-corrected chi connectivity index (χ2v) is 6.96. The molecule has 0 aliphatic heterocycles. The molecule has 0 bridgehead atoms. The number of nitrogens with one attached hydrogen (secondary N) is 1. The molecule has 1 aliphatic rings. The molecule has 2 N–H and O–H groups in total. The average Bonchev–Trinajstić information content (AvgIpc) is 2.33. The molecule has 7 nitrogen and oxygen atoms in total. The summed E-state index contributed by atoms with van der Waals surface area (Å²) in [5, 5.41) is 20.6. The summed E-state index contributed by atoms with van der Waals surface area (Å²) in [6.45, 7) is 1.18. The molecule has 1 aromatic rings. The third-order valence-electron chi connectivity index (χ3n) is 3.61. The molecule has 0 spiro atoms. The van der Waals surface area contributed by atoms with Gasteiger partial charge in [0.1, 0.15) is 0 Å². The Bertz CT molecular complexity index is 685. The second-order valence-electron chi connectivity index (χ2n) is 5.23. The second kappa shape index (κ2) is 5.32. The van der Waals surface area contributed by atoms with Crippen molar-refractivity contribution >= 4 is 15.7 Å². The van der Waals surface area contributed by atoms with Crippen LogP contribution in [0.4, 0.5) is 10.1 Å². The Hall–Kier alpha value is -1.58. The number of nitro benzene ring substituents is 1. The molecule has 9 heteroatoms. The summed E-state index contributed by atoms with van der Waals surface area (Å²) < 4.78 is 39.9. The molecule has 1 saturated carbocycles. The van der Waals surface area contributed by atoms with Gasteiger partial charge >= 0.3 is 5.69 Å². The molecule has 2 rings (SSSR count). The van der Waals surface area contributed by atoms with Gasteiger partial charge in [-0.05, 0) is 37.8 Å². The van der Waals surface area contributed by atoms with E-state index in [1.165, 1.54) is 6.92 Å². The lowest BCUT2D eigenvalue weighted by atomic mass is 9.81. The third kappa shape index (κ3) is 3.20. The van der Waals surface area contributed by atoms with Gasteiger partial charge in [-0.2, -0.15) is 4.39 Å². The van der Waals surface area contributed by atoms with Crippen LogP contribution in [0.5, 0.6) is 0 Å². The van der Waals surface area contributed by atoms with Crippen LogP contribution in [0.15, 0.2) is 17.0 Å². The van der Waals surface area contributed by atoms with Gasteiger partial charge in [0, 0.05) is 12.6 Å². The molecular weight excluding hydrogens is 303 g/mol. The summed E-state index contributed by atoms with van der Waals surface area (Å²) in [6.07, 6.45) is 1.81. The first-order valence-electron chi connectivity index (χ1n) is 6.31. The van der Waals surface area contributed by atoms with Crippen molar-refractivity contribution < 1.29 is 22.8 Å². The fraction of sp³-hybridized carbons (Fsp3) is 0.500. The molecule has 0 saturated heterocycles. The normalized spacial score (nSPS) is 17.3. The van der Waals surface area contributed by atoms with Gasteiger partial charge in [0.15, 0.2) is 0 Å². The van der Waals surface area contributed by atoms with Crippen molar-refractivity contribution in [1.82, 2.24) is 4.72 Å². The first-order valence-corrected chi connectivity index (χ1v) is 7.80. The van der Waals surface area contributed by atoms with Gasteiger partial charge in [-0.1, -0.05) is 0 Å². The number of benzene rings is 1. The lowest BCUT2D eigenvalue weighted by molar-refractivity contribution is -0.387. The van der Waals surface area contributed by atoms with E-state index in [1.54, 1.807) is 0 Å². The minimum Gasteiger partial charge on any atom is -0.389 e. The van der Waals surface area contributed by atoms with E-state index in [-0.39, 0.29) is 17.0 Å². The van der Waals surface area contributed by atoms with Gasteiger partial charge in [-0.3, -0.25) is 10.1 Å². The van der Waals surface area contributed by atoms with Crippen LogP contribution in [0, 0.1) is 22.9 Å². The van der Waals surface area contributed by atoms with Crippen molar-refractivity contribution in [3.63, 3.8) is 0 Å². The molecule has 1 fully saturated rings. The minimum atomic E-state index is -4.05. The summed E-state index contributed by atoms with van der Waals surface area (Å²) in [6, 6.07) is 1.50. The highest BCUT2D eigenvalue weighted by Gasteiger charge is 2.36. The van der Waals surface area contributed by atoms with Crippen LogP contribution in [-0.4, -0.2) is 30.6 Å². The van der Waals surface area contributed by atoms with E-state index >= 15 is 0 Å². The smallest absolute Gasteiger partial charge is 0.306 e. The molecule has 21 heavy (non-hydrogen) atoms. The largest absolute Gasteiger partial charge is 0.389 e. The Morgan fingerprint density at radius 1 is 1.48 bits per heavy atom. The molecule has 1 aromatic carbocycles.